The molecule has 0 aliphatic carbocycles. The number of carbonyl (C=O) groups excluding carboxylic acids is 1. The largest absolute Gasteiger partial charge is 0.447 e. The van der Waals surface area contributed by atoms with Gasteiger partial charge in [-0.05, 0) is 68.7 Å². The minimum Gasteiger partial charge on any atom is -0.447 e. The van der Waals surface area contributed by atoms with E-state index in [1.165, 1.54) is 11.1 Å². The van der Waals surface area contributed by atoms with Gasteiger partial charge in [0.15, 0.2) is 0 Å². The van der Waals surface area contributed by atoms with Crippen LogP contribution in [-0.4, -0.2) is 29.4 Å². The van der Waals surface area contributed by atoms with E-state index in [-0.39, 0.29) is 12.1 Å². The zero-order valence-electron chi connectivity index (χ0n) is 17.0. The summed E-state index contributed by atoms with van der Waals surface area (Å²) in [6, 6.07) is 11.7. The van der Waals surface area contributed by atoms with Gasteiger partial charge in [0.1, 0.15) is 12.6 Å². The van der Waals surface area contributed by atoms with Crippen molar-refractivity contribution in [3.05, 3.63) is 59.0 Å². The van der Waals surface area contributed by atoms with E-state index in [0.29, 0.717) is 24.9 Å². The third kappa shape index (κ3) is 3.68. The number of benzene rings is 2. The first-order valence-electron chi connectivity index (χ1n) is 9.65. The van der Waals surface area contributed by atoms with Gasteiger partial charge in [-0.3, -0.25) is 4.90 Å². The lowest BCUT2D eigenvalue weighted by atomic mass is 10.1. The number of aryl methyl sites for hydroxylation is 2. The highest BCUT2D eigenvalue weighted by Gasteiger charge is 2.26. The van der Waals surface area contributed by atoms with Gasteiger partial charge < -0.3 is 14.5 Å². The molecule has 3 aromatic rings. The van der Waals surface area contributed by atoms with Crippen molar-refractivity contribution in [1.29, 1.82) is 0 Å². The maximum Gasteiger partial charge on any atom is 0.414 e. The Kier molecular flexibility index (Phi) is 4.96. The lowest BCUT2D eigenvalue weighted by molar-refractivity contribution is 0.181. The molecule has 7 nitrogen and oxygen atoms in total. The fourth-order valence-electron chi connectivity index (χ4n) is 3.38. The summed E-state index contributed by atoms with van der Waals surface area (Å²) in [5.74, 6) is 1.01. The van der Waals surface area contributed by atoms with Crippen molar-refractivity contribution in [3.8, 4) is 11.5 Å². The molecular formula is C22H24N4O3. The van der Waals surface area contributed by atoms with Crippen molar-refractivity contribution in [2.24, 2.45) is 0 Å². The van der Waals surface area contributed by atoms with Crippen LogP contribution in [0.3, 0.4) is 0 Å². The molecule has 29 heavy (non-hydrogen) atoms. The number of anilines is 2. The van der Waals surface area contributed by atoms with E-state index < -0.39 is 0 Å². The number of amides is 1. The Hall–Kier alpha value is -3.35. The summed E-state index contributed by atoms with van der Waals surface area (Å²) in [4.78, 5) is 13.6. The molecule has 0 bridgehead atoms. The lowest BCUT2D eigenvalue weighted by Gasteiger charge is -2.20. The summed E-state index contributed by atoms with van der Waals surface area (Å²) >= 11 is 0. The Morgan fingerprint density at radius 2 is 1.93 bits per heavy atom. The van der Waals surface area contributed by atoms with Gasteiger partial charge in [-0.15, -0.1) is 10.2 Å². The van der Waals surface area contributed by atoms with Gasteiger partial charge >= 0.3 is 6.09 Å². The van der Waals surface area contributed by atoms with Gasteiger partial charge in [-0.1, -0.05) is 12.1 Å². The zero-order valence-corrected chi connectivity index (χ0v) is 17.0. The van der Waals surface area contributed by atoms with Crippen LogP contribution in [0.5, 0.6) is 0 Å². The smallest absolute Gasteiger partial charge is 0.414 e. The van der Waals surface area contributed by atoms with E-state index in [2.05, 4.69) is 35.4 Å². The first kappa shape index (κ1) is 19.0. The fourth-order valence-corrected chi connectivity index (χ4v) is 3.38. The maximum atomic E-state index is 11.9. The van der Waals surface area contributed by atoms with Crippen LogP contribution in [0.25, 0.3) is 11.5 Å². The quantitative estimate of drug-likeness (QED) is 0.672. The van der Waals surface area contributed by atoms with Crippen LogP contribution in [0, 0.1) is 20.8 Å². The first-order valence-corrected chi connectivity index (χ1v) is 9.65. The number of ether oxygens (including phenoxy) is 1. The molecular weight excluding hydrogens is 368 g/mol. The average molecular weight is 392 g/mol. The van der Waals surface area contributed by atoms with Gasteiger partial charge in [0.25, 0.3) is 0 Å². The van der Waals surface area contributed by atoms with Gasteiger partial charge in [-0.25, -0.2) is 4.79 Å². The second kappa shape index (κ2) is 7.58. The lowest BCUT2D eigenvalue weighted by Crippen LogP contribution is -2.24. The monoisotopic (exact) mass is 392 g/mol. The summed E-state index contributed by atoms with van der Waals surface area (Å²) in [6.45, 7) is 9.05. The summed E-state index contributed by atoms with van der Waals surface area (Å²) in [5.41, 5.74) is 6.02. The predicted octanol–water partition coefficient (Wildman–Crippen LogP) is 4.79. The third-order valence-corrected chi connectivity index (χ3v) is 5.29. The molecule has 2 heterocycles. The van der Waals surface area contributed by atoms with Crippen molar-refractivity contribution in [1.82, 2.24) is 10.2 Å². The Morgan fingerprint density at radius 3 is 2.66 bits per heavy atom. The molecule has 1 unspecified atom stereocenters. The molecule has 1 saturated heterocycles. The highest BCUT2D eigenvalue weighted by molar-refractivity contribution is 5.91. The Morgan fingerprint density at radius 1 is 1.10 bits per heavy atom. The van der Waals surface area contributed by atoms with E-state index in [1.807, 2.05) is 44.2 Å². The number of hydrogen-bond donors (Lipinski definition) is 1. The maximum absolute atomic E-state index is 11.9. The number of carbonyl (C=O) groups is 1. The number of cyclic esters (lactones) is 1. The number of rotatable bonds is 5. The van der Waals surface area contributed by atoms with E-state index in [1.54, 1.807) is 4.90 Å². The standard InChI is InChI=1S/C22H24N4O3/c1-13-8-9-17(12-14(13)2)21-25-24-20(29-21)16(4)23-18-6-5-7-19(15(18)3)26-10-11-28-22(26)27/h5-9,12,16,23H,10-11H2,1-4H3. The second-order valence-electron chi connectivity index (χ2n) is 7.33. The topological polar surface area (TPSA) is 80.5 Å². The summed E-state index contributed by atoms with van der Waals surface area (Å²) in [7, 11) is 0. The molecule has 1 aliphatic rings. The molecule has 1 aromatic heterocycles. The average Bonchev–Trinajstić information content (AvgIpc) is 3.35. The molecule has 0 radical (unpaired) electrons. The van der Waals surface area contributed by atoms with Gasteiger partial charge in [0.2, 0.25) is 11.8 Å². The van der Waals surface area contributed by atoms with Crippen LogP contribution in [0.1, 0.15) is 35.5 Å². The normalized spacial score (nSPS) is 14.8. The Balaban J connectivity index is 1.54. The van der Waals surface area contributed by atoms with Gasteiger partial charge in [-0.2, -0.15) is 0 Å². The SMILES string of the molecule is Cc1ccc(-c2nnc(C(C)Nc3cccc(N4CCOC4=O)c3C)o2)cc1C. The van der Waals surface area contributed by atoms with Crippen LogP contribution in [0.15, 0.2) is 40.8 Å². The fraction of sp³-hybridized carbons (Fsp3) is 0.318. The van der Waals surface area contributed by atoms with Crippen LogP contribution in [0.4, 0.5) is 16.2 Å². The third-order valence-electron chi connectivity index (χ3n) is 5.29. The summed E-state index contributed by atoms with van der Waals surface area (Å²) in [6.07, 6.45) is -0.312. The molecule has 0 saturated carbocycles. The van der Waals surface area contributed by atoms with E-state index in [0.717, 1.165) is 22.5 Å². The number of nitrogens with one attached hydrogen (secondary N) is 1. The number of hydrogen-bond acceptors (Lipinski definition) is 6. The molecule has 1 aliphatic heterocycles. The predicted molar refractivity (Wildman–Crippen MR) is 111 cm³/mol. The van der Waals surface area contributed by atoms with Crippen LogP contribution in [-0.2, 0) is 4.74 Å². The number of aromatic nitrogens is 2. The highest BCUT2D eigenvalue weighted by Crippen LogP contribution is 2.31. The zero-order chi connectivity index (χ0) is 20.5. The number of nitrogens with zero attached hydrogens (tertiary/aromatic N) is 3. The molecule has 150 valence electrons. The molecule has 2 aromatic carbocycles. The molecule has 7 heteroatoms. The molecule has 1 amide bonds. The highest BCUT2D eigenvalue weighted by atomic mass is 16.6. The first-order chi connectivity index (χ1) is 13.9. The van der Waals surface area contributed by atoms with E-state index in [9.17, 15) is 4.79 Å². The molecule has 4 rings (SSSR count). The van der Waals surface area contributed by atoms with Crippen molar-refractivity contribution >= 4 is 17.5 Å². The summed E-state index contributed by atoms with van der Waals surface area (Å²) < 4.78 is 11.0. The van der Waals surface area contributed by atoms with Crippen LogP contribution < -0.4 is 10.2 Å². The minimum atomic E-state index is -0.312. The summed E-state index contributed by atoms with van der Waals surface area (Å²) in [5, 5.41) is 11.8. The Bertz CT molecular complexity index is 1060. The second-order valence-corrected chi connectivity index (χ2v) is 7.33. The van der Waals surface area contributed by atoms with Crippen molar-refractivity contribution in [3.63, 3.8) is 0 Å². The molecule has 1 fully saturated rings. The van der Waals surface area contributed by atoms with Crippen molar-refractivity contribution in [2.75, 3.05) is 23.4 Å². The van der Waals surface area contributed by atoms with E-state index >= 15 is 0 Å². The van der Waals surface area contributed by atoms with E-state index in [4.69, 9.17) is 9.15 Å². The minimum absolute atomic E-state index is 0.192. The Labute approximate surface area is 169 Å². The van der Waals surface area contributed by atoms with Gasteiger partial charge in [0, 0.05) is 11.3 Å². The van der Waals surface area contributed by atoms with Crippen molar-refractivity contribution in [2.45, 2.75) is 33.7 Å². The molecule has 1 N–H and O–H groups in total. The van der Waals surface area contributed by atoms with Crippen LogP contribution in [0.2, 0.25) is 0 Å². The molecule has 0 spiro atoms. The molecule has 1 atom stereocenters. The van der Waals surface area contributed by atoms with Crippen molar-refractivity contribution < 1.29 is 13.9 Å². The van der Waals surface area contributed by atoms with Gasteiger partial charge in [0.05, 0.1) is 12.2 Å². The van der Waals surface area contributed by atoms with Crippen LogP contribution >= 0.6 is 0 Å².